The second-order valence-electron chi connectivity index (χ2n) is 16.5. The Kier molecular flexibility index (Phi) is 8.50. The van der Waals surface area contributed by atoms with Crippen LogP contribution in [0.25, 0.3) is 0 Å². The van der Waals surface area contributed by atoms with E-state index in [0.29, 0.717) is 18.3 Å². The van der Waals surface area contributed by atoms with E-state index in [1.54, 1.807) is 0 Å². The molecular formula is C34H56O12P+. The maximum absolute atomic E-state index is 11.4. The average molecular weight is 688 g/mol. The van der Waals surface area contributed by atoms with Crippen LogP contribution in [0.3, 0.4) is 0 Å². The Morgan fingerprint density at radius 3 is 1.72 bits per heavy atom. The monoisotopic (exact) mass is 687 g/mol. The Balaban J connectivity index is 1.13. The Morgan fingerprint density at radius 2 is 1.19 bits per heavy atom. The van der Waals surface area contributed by atoms with Gasteiger partial charge in [0, 0.05) is 31.1 Å². The van der Waals surface area contributed by atoms with Gasteiger partial charge < -0.3 is 18.9 Å². The topological polar surface area (TPSA) is 122 Å². The molecule has 12 nitrogen and oxygen atoms in total. The Bertz CT molecular complexity index is 1190. The summed E-state index contributed by atoms with van der Waals surface area (Å²) in [6, 6.07) is 0. The van der Waals surface area contributed by atoms with E-state index in [-0.39, 0.29) is 41.6 Å². The molecule has 8 aliphatic heterocycles. The van der Waals surface area contributed by atoms with E-state index in [0.717, 1.165) is 51.4 Å². The van der Waals surface area contributed by atoms with Crippen molar-refractivity contribution < 1.29 is 57.0 Å². The summed E-state index contributed by atoms with van der Waals surface area (Å²) in [5, 5.41) is 0. The largest absolute Gasteiger partial charge is 0.572 e. The molecule has 10 rings (SSSR count). The van der Waals surface area contributed by atoms with Crippen LogP contribution in [-0.4, -0.2) is 72.8 Å². The normalized spacial score (nSPS) is 55.9. The summed E-state index contributed by atoms with van der Waals surface area (Å²) in [5.74, 6) is 0.000213. The highest BCUT2D eigenvalue weighted by molar-refractivity contribution is 7.55. The quantitative estimate of drug-likeness (QED) is 0.241. The van der Waals surface area contributed by atoms with Crippen LogP contribution in [0.1, 0.15) is 99.3 Å². The van der Waals surface area contributed by atoms with Gasteiger partial charge in [-0.05, 0) is 87.9 Å². The second-order valence-corrected chi connectivity index (χ2v) is 18.4. The molecule has 1 unspecified atom stereocenters. The van der Waals surface area contributed by atoms with Gasteiger partial charge in [-0.1, -0.05) is 27.7 Å². The highest BCUT2D eigenvalue weighted by atomic mass is 31.2. The lowest BCUT2D eigenvalue weighted by Crippen LogP contribution is -2.72. The molecule has 0 radical (unpaired) electrons. The zero-order chi connectivity index (χ0) is 33.1. The Labute approximate surface area is 279 Å². The van der Waals surface area contributed by atoms with Crippen molar-refractivity contribution in [1.82, 2.24) is 0 Å². The van der Waals surface area contributed by atoms with Crippen molar-refractivity contribution in [3.63, 3.8) is 0 Å². The summed E-state index contributed by atoms with van der Waals surface area (Å²) in [7, 11) is -0.864. The van der Waals surface area contributed by atoms with E-state index < -0.39 is 55.7 Å². The van der Waals surface area contributed by atoms with Crippen LogP contribution in [0, 0.1) is 47.3 Å². The van der Waals surface area contributed by atoms with Gasteiger partial charge in [-0.25, -0.2) is 19.6 Å². The molecule has 13 heteroatoms. The van der Waals surface area contributed by atoms with Gasteiger partial charge in [0.2, 0.25) is 11.6 Å². The van der Waals surface area contributed by atoms with Gasteiger partial charge in [-0.2, -0.15) is 13.9 Å². The zero-order valence-corrected chi connectivity index (χ0v) is 30.1. The van der Waals surface area contributed by atoms with Gasteiger partial charge in [-0.15, -0.1) is 4.52 Å². The molecule has 10 aliphatic rings. The maximum atomic E-state index is 11.4. The molecule has 0 aromatic rings. The lowest BCUT2D eigenvalue weighted by molar-refractivity contribution is -0.573. The fraction of sp³-hybridized carbons (Fsp3) is 1.00. The lowest BCUT2D eigenvalue weighted by atomic mass is 9.56. The Hall–Kier alpha value is -0.0500. The summed E-state index contributed by atoms with van der Waals surface area (Å²) in [6.07, 6.45) is 5.35. The minimum atomic E-state index is -3.67. The molecule has 2 saturated carbocycles. The van der Waals surface area contributed by atoms with Crippen molar-refractivity contribution in [1.29, 1.82) is 0 Å². The minimum absolute atomic E-state index is 0.0194. The molecule has 10 fully saturated rings. The van der Waals surface area contributed by atoms with E-state index in [9.17, 15) is 4.89 Å². The Morgan fingerprint density at radius 1 is 0.681 bits per heavy atom. The van der Waals surface area contributed by atoms with E-state index in [2.05, 4.69) is 27.7 Å². The van der Waals surface area contributed by atoms with Crippen molar-refractivity contribution in [2.24, 2.45) is 47.3 Å². The minimum Gasteiger partial charge on any atom is -0.346 e. The van der Waals surface area contributed by atoms with E-state index in [4.69, 9.17) is 52.1 Å². The maximum Gasteiger partial charge on any atom is 0.572 e. The highest BCUT2D eigenvalue weighted by Gasteiger charge is 2.72. The van der Waals surface area contributed by atoms with Gasteiger partial charge in [0.15, 0.2) is 23.8 Å². The third kappa shape index (κ3) is 5.02. The first-order valence-electron chi connectivity index (χ1n) is 18.1. The molecule has 2 spiro atoms. The molecule has 268 valence electrons. The van der Waals surface area contributed by atoms with Gasteiger partial charge in [0.25, 0.3) is 0 Å². The van der Waals surface area contributed by atoms with E-state index in [1.165, 1.54) is 14.2 Å². The van der Waals surface area contributed by atoms with E-state index >= 15 is 0 Å². The first-order chi connectivity index (χ1) is 22.3. The number of hydrogen-bond donors (Lipinski definition) is 1. The second kappa shape index (κ2) is 11.7. The van der Waals surface area contributed by atoms with Gasteiger partial charge in [0.1, 0.15) is 6.10 Å². The van der Waals surface area contributed by atoms with Gasteiger partial charge in [0.05, 0.1) is 26.4 Å². The van der Waals surface area contributed by atoms with Crippen molar-refractivity contribution in [3.05, 3.63) is 0 Å². The molecule has 0 aromatic carbocycles. The summed E-state index contributed by atoms with van der Waals surface area (Å²) in [6.45, 7) is 13.0. The lowest BCUT2D eigenvalue weighted by Gasteiger charge is -2.62. The highest BCUT2D eigenvalue weighted by Crippen LogP contribution is 2.65. The van der Waals surface area contributed by atoms with Crippen molar-refractivity contribution >= 4 is 8.17 Å². The predicted molar refractivity (Wildman–Crippen MR) is 166 cm³/mol. The first kappa shape index (κ1) is 34.1. The van der Waals surface area contributed by atoms with Crippen LogP contribution in [0.5, 0.6) is 0 Å². The summed E-state index contributed by atoms with van der Waals surface area (Å²) >= 11 is 0. The number of fused-ring (bicyclic) bond motifs is 4. The summed E-state index contributed by atoms with van der Waals surface area (Å²) < 4.78 is 44.8. The van der Waals surface area contributed by atoms with Crippen molar-refractivity contribution in [2.45, 2.75) is 153 Å². The molecule has 2 aliphatic carbocycles. The van der Waals surface area contributed by atoms with Crippen LogP contribution in [0.15, 0.2) is 0 Å². The standard InChI is InChI=1S/C34H56O12P/c1-18-9-11-24-20(3)26(38-29-33(24)22(18)13-15-31(5,40-29)43-45-33)17-27(42-47(35,36-7)37-8)28-21(4)25-12-10-19(2)23-14-16-32(6)41-30(39-28)34(23,25)46-44-32/h18-30,35H,9-17H2,1-8H3/q+1/t18-,19-,20-,21-,22+,23+,24+,25+,26-,27+,28?,29-,30-,31+,32+,33-,34-/m1/s1. The van der Waals surface area contributed by atoms with Crippen LogP contribution in [0.2, 0.25) is 0 Å². The number of rotatable bonds is 7. The summed E-state index contributed by atoms with van der Waals surface area (Å²) in [4.78, 5) is 36.3. The SMILES string of the molecule is CO[P+](O)(OC)O[C@@H](C[C@H]1O[C@@H]2O[C@]3(C)CC[C@H]4[C@H](C)CC[C@@H]([C@H]1C)[C@@]24OO3)C1O[C@@H]2O[C@]3(C)CC[C@H]4[C@H](C)CC[C@@H]([C@H]1C)[C@@]24OO3. The van der Waals surface area contributed by atoms with Crippen molar-refractivity contribution in [2.75, 3.05) is 14.2 Å². The molecule has 0 aromatic heterocycles. The first-order valence-corrected chi connectivity index (χ1v) is 19.6. The molecule has 0 amide bonds. The fourth-order valence-corrected chi connectivity index (χ4v) is 12.3. The third-order valence-electron chi connectivity index (χ3n) is 14.1. The zero-order valence-electron chi connectivity index (χ0n) is 29.3. The van der Waals surface area contributed by atoms with Crippen LogP contribution in [0.4, 0.5) is 0 Å². The molecule has 8 saturated heterocycles. The number of ether oxygens (including phenoxy) is 4. The molecule has 17 atom stereocenters. The predicted octanol–water partition coefficient (Wildman–Crippen LogP) is 6.23. The van der Waals surface area contributed by atoms with Crippen molar-refractivity contribution in [3.8, 4) is 0 Å². The third-order valence-corrected chi connectivity index (χ3v) is 15.5. The fourth-order valence-electron chi connectivity index (χ4n) is 11.4. The van der Waals surface area contributed by atoms with Crippen LogP contribution < -0.4 is 0 Å². The molecule has 47 heavy (non-hydrogen) atoms. The molecule has 8 heterocycles. The van der Waals surface area contributed by atoms with Gasteiger partial charge >= 0.3 is 8.17 Å². The van der Waals surface area contributed by atoms with E-state index in [1.807, 2.05) is 13.8 Å². The molecular weight excluding hydrogens is 631 g/mol. The number of hydrogen-bond acceptors (Lipinski definition) is 12. The average Bonchev–Trinajstić information content (AvgIpc) is 3.42. The van der Waals surface area contributed by atoms with Crippen LogP contribution in [-0.2, 0) is 52.1 Å². The van der Waals surface area contributed by atoms with Crippen LogP contribution >= 0.6 is 8.17 Å². The van der Waals surface area contributed by atoms with Gasteiger partial charge in [-0.3, -0.25) is 0 Å². The summed E-state index contributed by atoms with van der Waals surface area (Å²) in [5.41, 5.74) is -1.38. The molecule has 1 N–H and O–H groups in total. The molecule has 4 bridgehead atoms. The smallest absolute Gasteiger partial charge is 0.346 e.